The Kier molecular flexibility index (Phi) is 6.68. The number of aryl methyl sites for hydroxylation is 1. The highest BCUT2D eigenvalue weighted by Gasteiger charge is 2.70. The fourth-order valence-corrected chi connectivity index (χ4v) is 8.30. The summed E-state index contributed by atoms with van der Waals surface area (Å²) in [6.45, 7) is 4.29. The molecule has 6 atom stereocenters. The van der Waals surface area contributed by atoms with Crippen LogP contribution in [0.15, 0.2) is 90.5 Å². The molecule has 8 heteroatoms. The molecule has 2 saturated heterocycles. The van der Waals surface area contributed by atoms with Gasteiger partial charge in [-0.3, -0.25) is 29.5 Å². The topological polar surface area (TPSA) is 107 Å². The minimum absolute atomic E-state index is 0.0902. The SMILES string of the molecule is CCCN1C(=O)[C@H]2[C@H](CC=C3[C@H]2C[C@H]2C(=O)N(Nc4ccc(C)cc4)C(=O)[C@@]2(c2ccccc2)[C@H]3c2ccc(O)cc2)C1=O. The maximum Gasteiger partial charge on any atom is 0.260 e. The molecule has 3 fully saturated rings. The minimum atomic E-state index is -1.31. The molecule has 2 aliphatic carbocycles. The number of allylic oxidation sites excluding steroid dienone is 2. The van der Waals surface area contributed by atoms with Gasteiger partial charge in [0.15, 0.2) is 0 Å². The molecule has 1 saturated carbocycles. The number of benzene rings is 3. The van der Waals surface area contributed by atoms with Crippen LogP contribution in [0.3, 0.4) is 0 Å². The number of carbonyl (C=O) groups is 4. The number of phenols is 1. The Labute approximate surface area is 256 Å². The van der Waals surface area contributed by atoms with Gasteiger partial charge in [-0.15, -0.1) is 0 Å². The summed E-state index contributed by atoms with van der Waals surface area (Å²) >= 11 is 0. The maximum absolute atomic E-state index is 15.0. The lowest BCUT2D eigenvalue weighted by molar-refractivity contribution is -0.141. The van der Waals surface area contributed by atoms with E-state index in [1.807, 2.05) is 68.4 Å². The van der Waals surface area contributed by atoms with Gasteiger partial charge >= 0.3 is 0 Å². The summed E-state index contributed by atoms with van der Waals surface area (Å²) in [7, 11) is 0. The fraction of sp³-hybridized carbons (Fsp3) is 0.333. The maximum atomic E-state index is 15.0. The fourth-order valence-electron chi connectivity index (χ4n) is 8.30. The smallest absolute Gasteiger partial charge is 0.260 e. The molecule has 2 aliphatic heterocycles. The van der Waals surface area contributed by atoms with E-state index in [4.69, 9.17) is 0 Å². The Morgan fingerprint density at radius 2 is 1.57 bits per heavy atom. The molecule has 0 unspecified atom stereocenters. The van der Waals surface area contributed by atoms with Crippen molar-refractivity contribution in [2.45, 2.75) is 44.4 Å². The van der Waals surface area contributed by atoms with Crippen molar-refractivity contribution in [1.82, 2.24) is 9.91 Å². The Bertz CT molecular complexity index is 1680. The summed E-state index contributed by atoms with van der Waals surface area (Å²) < 4.78 is 0. The number of likely N-dealkylation sites (tertiary alicyclic amines) is 1. The number of nitrogens with one attached hydrogen (secondary N) is 1. The summed E-state index contributed by atoms with van der Waals surface area (Å²) in [5.41, 5.74) is 5.87. The van der Waals surface area contributed by atoms with Gasteiger partial charge in [0.2, 0.25) is 11.8 Å². The Morgan fingerprint density at radius 1 is 0.864 bits per heavy atom. The highest BCUT2D eigenvalue weighted by Crippen LogP contribution is 2.64. The zero-order valence-electron chi connectivity index (χ0n) is 24.8. The number of aromatic hydroxyl groups is 1. The summed E-state index contributed by atoms with van der Waals surface area (Å²) in [6, 6.07) is 23.7. The van der Waals surface area contributed by atoms with Gasteiger partial charge in [0.05, 0.1) is 28.9 Å². The van der Waals surface area contributed by atoms with Crippen LogP contribution >= 0.6 is 0 Å². The van der Waals surface area contributed by atoms with Gasteiger partial charge in [-0.25, -0.2) is 0 Å². The normalized spacial score (nSPS) is 29.3. The molecule has 224 valence electrons. The number of hydrogen-bond acceptors (Lipinski definition) is 6. The van der Waals surface area contributed by atoms with Crippen LogP contribution in [0, 0.1) is 30.6 Å². The van der Waals surface area contributed by atoms with Gasteiger partial charge < -0.3 is 5.11 Å². The van der Waals surface area contributed by atoms with Crippen LogP contribution in [0.25, 0.3) is 0 Å². The number of hydrogen-bond donors (Lipinski definition) is 2. The third-order valence-electron chi connectivity index (χ3n) is 10.2. The average Bonchev–Trinajstić information content (AvgIpc) is 3.40. The first-order chi connectivity index (χ1) is 21.3. The largest absolute Gasteiger partial charge is 0.508 e. The second-order valence-electron chi connectivity index (χ2n) is 12.5. The number of hydrazine groups is 1. The lowest BCUT2D eigenvalue weighted by Crippen LogP contribution is -2.53. The quantitative estimate of drug-likeness (QED) is 0.306. The molecular formula is C36H35N3O5. The zero-order valence-corrected chi connectivity index (χ0v) is 24.8. The molecule has 3 aromatic carbocycles. The minimum Gasteiger partial charge on any atom is -0.508 e. The van der Waals surface area contributed by atoms with E-state index >= 15 is 0 Å². The van der Waals surface area contributed by atoms with E-state index in [0.29, 0.717) is 25.1 Å². The number of anilines is 1. The van der Waals surface area contributed by atoms with Gasteiger partial charge in [-0.2, -0.15) is 5.01 Å². The van der Waals surface area contributed by atoms with Crippen molar-refractivity contribution in [2.24, 2.45) is 23.7 Å². The van der Waals surface area contributed by atoms with E-state index in [1.54, 1.807) is 24.3 Å². The Morgan fingerprint density at radius 3 is 2.25 bits per heavy atom. The van der Waals surface area contributed by atoms with Crippen molar-refractivity contribution >= 4 is 29.3 Å². The van der Waals surface area contributed by atoms with Gasteiger partial charge in [-0.1, -0.05) is 78.7 Å². The van der Waals surface area contributed by atoms with Gasteiger partial charge in [-0.05, 0) is 67.5 Å². The molecule has 2 N–H and O–H groups in total. The van der Waals surface area contributed by atoms with E-state index in [2.05, 4.69) is 11.5 Å². The molecule has 2 heterocycles. The second kappa shape index (κ2) is 10.5. The van der Waals surface area contributed by atoms with E-state index < -0.39 is 29.1 Å². The monoisotopic (exact) mass is 589 g/mol. The Hall–Kier alpha value is -4.72. The number of amides is 4. The molecule has 7 rings (SSSR count). The van der Waals surface area contributed by atoms with Crippen LogP contribution in [0.2, 0.25) is 0 Å². The molecule has 0 spiro atoms. The van der Waals surface area contributed by atoms with E-state index in [1.165, 1.54) is 4.90 Å². The molecular weight excluding hydrogens is 554 g/mol. The molecule has 4 amide bonds. The van der Waals surface area contributed by atoms with Crippen molar-refractivity contribution in [3.05, 3.63) is 107 Å². The lowest BCUT2D eigenvalue weighted by atomic mass is 9.49. The molecule has 0 radical (unpaired) electrons. The van der Waals surface area contributed by atoms with E-state index in [-0.39, 0.29) is 41.7 Å². The number of phenolic OH excluding ortho intramolecular Hbond substituents is 1. The predicted molar refractivity (Wildman–Crippen MR) is 164 cm³/mol. The van der Waals surface area contributed by atoms with Crippen LogP contribution < -0.4 is 5.43 Å². The molecule has 3 aromatic rings. The van der Waals surface area contributed by atoms with Crippen LogP contribution in [-0.4, -0.2) is 45.2 Å². The zero-order chi connectivity index (χ0) is 30.7. The molecule has 4 aliphatic rings. The van der Waals surface area contributed by atoms with Gasteiger partial charge in [0.1, 0.15) is 5.75 Å². The van der Waals surface area contributed by atoms with Crippen LogP contribution in [0.4, 0.5) is 5.69 Å². The number of fused-ring (bicyclic) bond motifs is 4. The number of rotatable bonds is 6. The second-order valence-corrected chi connectivity index (χ2v) is 12.5. The van der Waals surface area contributed by atoms with Gasteiger partial charge in [0, 0.05) is 12.5 Å². The van der Waals surface area contributed by atoms with Crippen molar-refractivity contribution < 1.29 is 24.3 Å². The summed E-state index contributed by atoms with van der Waals surface area (Å²) in [5, 5.41) is 11.4. The molecule has 8 nitrogen and oxygen atoms in total. The van der Waals surface area contributed by atoms with Crippen molar-refractivity contribution in [3.8, 4) is 5.75 Å². The van der Waals surface area contributed by atoms with Crippen molar-refractivity contribution in [3.63, 3.8) is 0 Å². The molecule has 0 bridgehead atoms. The Balaban J connectivity index is 1.43. The average molecular weight is 590 g/mol. The third kappa shape index (κ3) is 3.96. The highest BCUT2D eigenvalue weighted by atomic mass is 16.3. The van der Waals surface area contributed by atoms with Crippen LogP contribution in [0.5, 0.6) is 5.75 Å². The van der Waals surface area contributed by atoms with Crippen molar-refractivity contribution in [1.29, 1.82) is 0 Å². The number of carbonyl (C=O) groups excluding carboxylic acids is 4. The molecule has 44 heavy (non-hydrogen) atoms. The lowest BCUT2D eigenvalue weighted by Gasteiger charge is -2.50. The predicted octanol–water partition coefficient (Wildman–Crippen LogP) is 5.10. The first kappa shape index (κ1) is 28.1. The summed E-state index contributed by atoms with van der Waals surface area (Å²) in [6.07, 6.45) is 3.40. The van der Waals surface area contributed by atoms with Crippen LogP contribution in [0.1, 0.15) is 48.8 Å². The number of imide groups is 2. The number of nitrogens with zero attached hydrogens (tertiary/aromatic N) is 2. The van der Waals surface area contributed by atoms with Gasteiger partial charge in [0.25, 0.3) is 11.8 Å². The third-order valence-corrected chi connectivity index (χ3v) is 10.2. The van der Waals surface area contributed by atoms with E-state index in [9.17, 15) is 24.3 Å². The first-order valence-electron chi connectivity index (χ1n) is 15.4. The van der Waals surface area contributed by atoms with E-state index in [0.717, 1.165) is 27.3 Å². The summed E-state index contributed by atoms with van der Waals surface area (Å²) in [4.78, 5) is 58.2. The van der Waals surface area contributed by atoms with Crippen LogP contribution in [-0.2, 0) is 24.6 Å². The molecule has 0 aromatic heterocycles. The highest BCUT2D eigenvalue weighted by molar-refractivity contribution is 6.13. The van der Waals surface area contributed by atoms with Crippen molar-refractivity contribution in [2.75, 3.05) is 12.0 Å². The standard InChI is InChI=1S/C36H35N3O5/c1-3-19-38-32(41)27-18-17-26-28(30(27)34(38)43)20-29-33(42)39(37-24-13-9-21(2)10-14-24)35(44)36(29,23-7-5-4-6-8-23)31(26)22-11-15-25(40)16-12-22/h4-17,27-31,37,40H,3,18-20H2,1-2H3/t27-,28+,29-,30-,31-,36+/m0/s1. The summed E-state index contributed by atoms with van der Waals surface area (Å²) in [5.74, 6) is -3.78. The first-order valence-corrected chi connectivity index (χ1v) is 15.4.